The van der Waals surface area contributed by atoms with Gasteiger partial charge in [-0.3, -0.25) is 4.79 Å². The van der Waals surface area contributed by atoms with Gasteiger partial charge in [0.25, 0.3) is 0 Å². The van der Waals surface area contributed by atoms with Gasteiger partial charge in [-0.2, -0.15) is 0 Å². The molecule has 0 aromatic heterocycles. The summed E-state index contributed by atoms with van der Waals surface area (Å²) in [6.45, 7) is 3.37. The number of amides is 1. The van der Waals surface area contributed by atoms with Gasteiger partial charge in [0.2, 0.25) is 5.91 Å². The van der Waals surface area contributed by atoms with Crippen LogP contribution in [-0.4, -0.2) is 37.2 Å². The number of methoxy groups -OCH3 is 1. The quantitative estimate of drug-likeness (QED) is 0.685. The van der Waals surface area contributed by atoms with Gasteiger partial charge in [0, 0.05) is 18.0 Å². The van der Waals surface area contributed by atoms with Gasteiger partial charge in [-0.1, -0.05) is 18.2 Å². The van der Waals surface area contributed by atoms with E-state index in [9.17, 15) is 4.79 Å². The average Bonchev–Trinajstić information content (AvgIpc) is 2.70. The molecule has 138 valence electrons. The number of carbonyl (C=O) groups is 1. The molecule has 0 radical (unpaired) electrons. The summed E-state index contributed by atoms with van der Waals surface area (Å²) in [7, 11) is 1.64. The van der Waals surface area contributed by atoms with Crippen LogP contribution in [0.25, 0.3) is 0 Å². The van der Waals surface area contributed by atoms with Crippen LogP contribution in [0.15, 0.2) is 48.5 Å². The molecule has 1 unspecified atom stereocenters. The highest BCUT2D eigenvalue weighted by Gasteiger charge is 2.26. The lowest BCUT2D eigenvalue weighted by atomic mass is 10.0. The molecular weight excluding hydrogens is 346 g/mol. The number of carbonyl (C=O) groups excluding carboxylic acids is 1. The minimum atomic E-state index is -0.0828. The number of benzene rings is 2. The molecule has 1 aliphatic heterocycles. The molecular formula is C21H25NO3S. The summed E-state index contributed by atoms with van der Waals surface area (Å²) < 4.78 is 10.9. The lowest BCUT2D eigenvalue weighted by molar-refractivity contribution is -0.117. The third kappa shape index (κ3) is 4.52. The molecule has 1 atom stereocenters. The Morgan fingerprint density at radius 1 is 1.15 bits per heavy atom. The summed E-state index contributed by atoms with van der Waals surface area (Å²) in [5.74, 6) is 2.59. The van der Waals surface area contributed by atoms with Crippen LogP contribution in [0.2, 0.25) is 0 Å². The number of hydrogen-bond acceptors (Lipinski definition) is 4. The van der Waals surface area contributed by atoms with Crippen LogP contribution in [0.1, 0.15) is 18.9 Å². The van der Waals surface area contributed by atoms with Crippen molar-refractivity contribution >= 4 is 23.4 Å². The number of ether oxygens (including phenoxy) is 2. The topological polar surface area (TPSA) is 38.8 Å². The minimum Gasteiger partial charge on any atom is -0.497 e. The Bertz CT molecular complexity index is 732. The number of nitrogens with zero attached hydrogens (tertiary/aromatic N) is 1. The van der Waals surface area contributed by atoms with Crippen LogP contribution in [0.5, 0.6) is 11.5 Å². The number of fused-ring (bicyclic) bond motifs is 1. The molecule has 2 aromatic carbocycles. The summed E-state index contributed by atoms with van der Waals surface area (Å²) in [5, 5.41) is -0.0828. The Hall–Kier alpha value is -2.14. The molecule has 0 fully saturated rings. The maximum atomic E-state index is 12.8. The number of para-hydroxylation sites is 1. The van der Waals surface area contributed by atoms with Crippen molar-refractivity contribution in [2.45, 2.75) is 25.0 Å². The van der Waals surface area contributed by atoms with E-state index in [1.54, 1.807) is 18.9 Å². The second-order valence-electron chi connectivity index (χ2n) is 6.26. The van der Waals surface area contributed by atoms with E-state index in [4.69, 9.17) is 9.47 Å². The van der Waals surface area contributed by atoms with E-state index >= 15 is 0 Å². The fourth-order valence-electron chi connectivity index (χ4n) is 3.11. The lowest BCUT2D eigenvalue weighted by Gasteiger charge is -2.31. The van der Waals surface area contributed by atoms with Gasteiger partial charge >= 0.3 is 0 Å². The maximum absolute atomic E-state index is 12.8. The van der Waals surface area contributed by atoms with E-state index in [1.807, 2.05) is 48.2 Å². The number of thioether (sulfide) groups is 1. The first-order valence-corrected chi connectivity index (χ1v) is 10.0. The largest absolute Gasteiger partial charge is 0.497 e. The van der Waals surface area contributed by atoms with Crippen molar-refractivity contribution in [3.05, 3.63) is 54.1 Å². The fourth-order valence-corrected chi connectivity index (χ4v) is 3.91. The lowest BCUT2D eigenvalue weighted by Crippen LogP contribution is -2.40. The predicted molar refractivity (Wildman–Crippen MR) is 108 cm³/mol. The van der Waals surface area contributed by atoms with Gasteiger partial charge in [-0.15, -0.1) is 11.8 Å². The summed E-state index contributed by atoms with van der Waals surface area (Å²) >= 11 is 1.64. The molecule has 1 amide bonds. The van der Waals surface area contributed by atoms with Crippen molar-refractivity contribution in [1.29, 1.82) is 0 Å². The molecule has 0 bridgehead atoms. The molecule has 0 saturated carbocycles. The molecule has 0 N–H and O–H groups in total. The molecule has 0 aliphatic carbocycles. The summed E-state index contributed by atoms with van der Waals surface area (Å²) in [5.41, 5.74) is 2.35. The molecule has 1 heterocycles. The van der Waals surface area contributed by atoms with Crippen molar-refractivity contribution in [3.8, 4) is 11.5 Å². The molecule has 0 saturated heterocycles. The van der Waals surface area contributed by atoms with Gasteiger partial charge < -0.3 is 14.4 Å². The fraction of sp³-hybridized carbons (Fsp3) is 0.381. The first-order chi connectivity index (χ1) is 12.7. The van der Waals surface area contributed by atoms with Crippen LogP contribution in [0.3, 0.4) is 0 Å². The number of anilines is 1. The van der Waals surface area contributed by atoms with Gasteiger partial charge in [0.1, 0.15) is 11.5 Å². The SMILES string of the molecule is COc1ccc(OCCSC(C)C(=O)N2CCCc3ccccc32)cc1. The highest BCUT2D eigenvalue weighted by Crippen LogP contribution is 2.28. The highest BCUT2D eigenvalue weighted by molar-refractivity contribution is 8.00. The van der Waals surface area contributed by atoms with Crippen LogP contribution in [0.4, 0.5) is 5.69 Å². The zero-order chi connectivity index (χ0) is 18.4. The van der Waals surface area contributed by atoms with E-state index < -0.39 is 0 Å². The Labute approximate surface area is 159 Å². The van der Waals surface area contributed by atoms with Crippen LogP contribution >= 0.6 is 11.8 Å². The van der Waals surface area contributed by atoms with Crippen LogP contribution in [-0.2, 0) is 11.2 Å². The Morgan fingerprint density at radius 3 is 2.65 bits per heavy atom. The normalized spacial score (nSPS) is 14.5. The van der Waals surface area contributed by atoms with Crippen LogP contribution < -0.4 is 14.4 Å². The summed E-state index contributed by atoms with van der Waals surface area (Å²) in [6.07, 6.45) is 2.08. The summed E-state index contributed by atoms with van der Waals surface area (Å²) in [4.78, 5) is 14.8. The zero-order valence-corrected chi connectivity index (χ0v) is 16.1. The Balaban J connectivity index is 1.47. The van der Waals surface area contributed by atoms with Gasteiger partial charge in [0.05, 0.1) is 19.0 Å². The number of aryl methyl sites for hydroxylation is 1. The summed E-state index contributed by atoms with van der Waals surface area (Å²) in [6, 6.07) is 15.8. The monoisotopic (exact) mass is 371 g/mol. The molecule has 0 spiro atoms. The second kappa shape index (κ2) is 8.99. The third-order valence-electron chi connectivity index (χ3n) is 4.50. The molecule has 3 rings (SSSR count). The highest BCUT2D eigenvalue weighted by atomic mass is 32.2. The van der Waals surface area contributed by atoms with Gasteiger partial charge in [-0.05, 0) is 55.7 Å². The molecule has 2 aromatic rings. The molecule has 26 heavy (non-hydrogen) atoms. The predicted octanol–water partition coefficient (Wildman–Crippen LogP) is 4.18. The van der Waals surface area contributed by atoms with Gasteiger partial charge in [0.15, 0.2) is 0 Å². The van der Waals surface area contributed by atoms with Crippen molar-refractivity contribution in [3.63, 3.8) is 0 Å². The average molecular weight is 372 g/mol. The minimum absolute atomic E-state index is 0.0828. The zero-order valence-electron chi connectivity index (χ0n) is 15.3. The molecule has 1 aliphatic rings. The van der Waals surface area contributed by atoms with E-state index in [2.05, 4.69) is 12.1 Å². The second-order valence-corrected chi connectivity index (χ2v) is 7.71. The Kier molecular flexibility index (Phi) is 6.45. The number of rotatable bonds is 7. The molecule has 4 nitrogen and oxygen atoms in total. The Morgan fingerprint density at radius 2 is 1.88 bits per heavy atom. The van der Waals surface area contributed by atoms with E-state index in [0.29, 0.717) is 6.61 Å². The standard InChI is InChI=1S/C21H25NO3S/c1-16(26-15-14-25-19-11-9-18(24-2)10-12-19)21(23)22-13-5-7-17-6-3-4-8-20(17)22/h3-4,6,8-12,16H,5,7,13-15H2,1-2H3. The molecule has 5 heteroatoms. The van der Waals surface area contributed by atoms with Crippen LogP contribution in [0, 0.1) is 0 Å². The third-order valence-corrected chi connectivity index (χ3v) is 5.61. The van der Waals surface area contributed by atoms with Crippen molar-refractivity contribution in [2.75, 3.05) is 30.9 Å². The van der Waals surface area contributed by atoms with E-state index in [1.165, 1.54) is 5.56 Å². The van der Waals surface area contributed by atoms with E-state index in [-0.39, 0.29) is 11.2 Å². The first-order valence-electron chi connectivity index (χ1n) is 8.97. The van der Waals surface area contributed by atoms with Gasteiger partial charge in [-0.25, -0.2) is 0 Å². The number of hydrogen-bond donors (Lipinski definition) is 0. The first kappa shape index (κ1) is 18.6. The van der Waals surface area contributed by atoms with Crippen molar-refractivity contribution in [1.82, 2.24) is 0 Å². The smallest absolute Gasteiger partial charge is 0.239 e. The van der Waals surface area contributed by atoms with Crippen molar-refractivity contribution < 1.29 is 14.3 Å². The maximum Gasteiger partial charge on any atom is 0.239 e. The van der Waals surface area contributed by atoms with E-state index in [0.717, 1.165) is 42.3 Å². The van der Waals surface area contributed by atoms with Crippen molar-refractivity contribution in [2.24, 2.45) is 0 Å².